The summed E-state index contributed by atoms with van der Waals surface area (Å²) >= 11 is 0. The molecule has 1 aliphatic rings. The van der Waals surface area contributed by atoms with Crippen LogP contribution in [0, 0.1) is 11.8 Å². The Morgan fingerprint density at radius 3 is 2.17 bits per heavy atom. The minimum absolute atomic E-state index is 0.493. The van der Waals surface area contributed by atoms with Gasteiger partial charge in [0.15, 0.2) is 8.32 Å². The van der Waals surface area contributed by atoms with Crippen LogP contribution >= 0.6 is 0 Å². The zero-order valence-electron chi connectivity index (χ0n) is 13.1. The van der Waals surface area contributed by atoms with Crippen molar-refractivity contribution >= 4 is 8.32 Å². The van der Waals surface area contributed by atoms with Gasteiger partial charge in [-0.2, -0.15) is 0 Å². The van der Waals surface area contributed by atoms with Crippen molar-refractivity contribution in [2.45, 2.75) is 78.1 Å². The second-order valence-electron chi connectivity index (χ2n) is 6.23. The molecule has 1 nitrogen and oxygen atoms in total. The van der Waals surface area contributed by atoms with E-state index in [1.54, 1.807) is 0 Å². The van der Waals surface area contributed by atoms with Crippen LogP contribution in [0.1, 0.15) is 53.9 Å². The average Bonchev–Trinajstić information content (AvgIpc) is 2.38. The molecule has 106 valence electrons. The second-order valence-corrected chi connectivity index (χ2v) is 11.0. The first-order valence-electron chi connectivity index (χ1n) is 7.81. The van der Waals surface area contributed by atoms with Gasteiger partial charge in [0.25, 0.3) is 0 Å². The summed E-state index contributed by atoms with van der Waals surface area (Å²) in [6.45, 7) is 15.7. The van der Waals surface area contributed by atoms with Crippen molar-refractivity contribution in [3.05, 3.63) is 12.2 Å². The summed E-state index contributed by atoms with van der Waals surface area (Å²) in [5, 5.41) is 0. The van der Waals surface area contributed by atoms with Crippen molar-refractivity contribution in [2.24, 2.45) is 11.8 Å². The van der Waals surface area contributed by atoms with Gasteiger partial charge < -0.3 is 4.43 Å². The molecule has 1 saturated carbocycles. The highest BCUT2D eigenvalue weighted by atomic mass is 28.4. The molecule has 2 unspecified atom stereocenters. The lowest BCUT2D eigenvalue weighted by Gasteiger charge is -2.41. The molecule has 3 atom stereocenters. The molecule has 2 heteroatoms. The van der Waals surface area contributed by atoms with E-state index >= 15 is 0 Å². The van der Waals surface area contributed by atoms with Gasteiger partial charge in [0.1, 0.15) is 0 Å². The maximum absolute atomic E-state index is 6.72. The summed E-state index contributed by atoms with van der Waals surface area (Å²) in [6, 6.07) is 3.79. The minimum atomic E-state index is -1.44. The van der Waals surface area contributed by atoms with Gasteiger partial charge in [0.05, 0.1) is 0 Å². The average molecular weight is 269 g/mol. The zero-order chi connectivity index (χ0) is 13.8. The van der Waals surface area contributed by atoms with E-state index in [4.69, 9.17) is 4.43 Å². The molecule has 1 fully saturated rings. The van der Waals surface area contributed by atoms with E-state index in [1.165, 1.54) is 43.0 Å². The molecular weight excluding hydrogens is 236 g/mol. The van der Waals surface area contributed by atoms with Crippen molar-refractivity contribution < 1.29 is 4.43 Å². The van der Waals surface area contributed by atoms with Crippen LogP contribution < -0.4 is 0 Å². The van der Waals surface area contributed by atoms with Crippen LogP contribution in [0.3, 0.4) is 0 Å². The van der Waals surface area contributed by atoms with E-state index in [0.717, 1.165) is 5.92 Å². The Bertz CT molecular complexity index is 262. The summed E-state index contributed by atoms with van der Waals surface area (Å²) in [7, 11) is -1.44. The van der Waals surface area contributed by atoms with Gasteiger partial charge in [-0.25, -0.2) is 0 Å². The van der Waals surface area contributed by atoms with Crippen LogP contribution in [-0.4, -0.2) is 14.4 Å². The van der Waals surface area contributed by atoms with Crippen LogP contribution in [0.4, 0.5) is 0 Å². The quantitative estimate of drug-likeness (QED) is 0.463. The smallest absolute Gasteiger partial charge is 0.192 e. The van der Waals surface area contributed by atoms with E-state index in [0.29, 0.717) is 12.0 Å². The number of hydrogen-bond donors (Lipinski definition) is 0. The van der Waals surface area contributed by atoms with Crippen LogP contribution in [0.2, 0.25) is 18.1 Å². The van der Waals surface area contributed by atoms with Crippen molar-refractivity contribution in [2.75, 3.05) is 0 Å². The summed E-state index contributed by atoms with van der Waals surface area (Å²) in [5.74, 6) is 1.43. The monoisotopic (exact) mass is 268 g/mol. The SMILES string of the molecule is C=C(C)[C@H]1CCC(C)C(O[Si](CC)(CC)CC)C1. The second kappa shape index (κ2) is 6.90. The van der Waals surface area contributed by atoms with Gasteiger partial charge in [-0.05, 0) is 56.2 Å². The fourth-order valence-corrected chi connectivity index (χ4v) is 6.18. The van der Waals surface area contributed by atoms with Gasteiger partial charge in [-0.1, -0.05) is 39.8 Å². The molecule has 0 bridgehead atoms. The first kappa shape index (κ1) is 16.0. The van der Waals surface area contributed by atoms with Crippen molar-refractivity contribution in [1.82, 2.24) is 0 Å². The number of rotatable bonds is 6. The van der Waals surface area contributed by atoms with E-state index in [-0.39, 0.29) is 0 Å². The standard InChI is InChI=1S/C16H32OSi/c1-7-18(8-2,9-3)17-16-12-15(13(4)5)11-10-14(16)6/h14-16H,4,7-12H2,1-3,5-6H3/t14?,15-,16?/m0/s1. The topological polar surface area (TPSA) is 9.23 Å². The Labute approximate surface area is 115 Å². The maximum atomic E-state index is 6.72. The van der Waals surface area contributed by atoms with Crippen LogP contribution in [-0.2, 0) is 4.43 Å². The maximum Gasteiger partial charge on any atom is 0.192 e. The number of hydrogen-bond acceptors (Lipinski definition) is 1. The molecule has 0 aliphatic heterocycles. The lowest BCUT2D eigenvalue weighted by molar-refractivity contribution is 0.0730. The lowest BCUT2D eigenvalue weighted by atomic mass is 9.78. The highest BCUT2D eigenvalue weighted by molar-refractivity contribution is 6.73. The van der Waals surface area contributed by atoms with Crippen LogP contribution in [0.25, 0.3) is 0 Å². The summed E-state index contributed by atoms with van der Waals surface area (Å²) < 4.78 is 6.72. The summed E-state index contributed by atoms with van der Waals surface area (Å²) in [4.78, 5) is 0. The molecule has 0 radical (unpaired) electrons. The van der Waals surface area contributed by atoms with Crippen molar-refractivity contribution in [3.63, 3.8) is 0 Å². The molecule has 0 N–H and O–H groups in total. The first-order chi connectivity index (χ1) is 8.48. The molecule has 0 saturated heterocycles. The van der Waals surface area contributed by atoms with Gasteiger partial charge in [0.2, 0.25) is 0 Å². The van der Waals surface area contributed by atoms with Gasteiger partial charge >= 0.3 is 0 Å². The molecule has 0 aromatic rings. The van der Waals surface area contributed by atoms with Gasteiger partial charge in [-0.15, -0.1) is 0 Å². The third-order valence-electron chi connectivity index (χ3n) is 5.15. The summed E-state index contributed by atoms with van der Waals surface area (Å²) in [6.07, 6.45) is 4.33. The molecular formula is C16H32OSi. The van der Waals surface area contributed by atoms with E-state index in [9.17, 15) is 0 Å². The van der Waals surface area contributed by atoms with E-state index in [2.05, 4.69) is 41.2 Å². The van der Waals surface area contributed by atoms with Crippen LogP contribution in [0.5, 0.6) is 0 Å². The van der Waals surface area contributed by atoms with E-state index in [1.807, 2.05) is 0 Å². The molecule has 18 heavy (non-hydrogen) atoms. The Kier molecular flexibility index (Phi) is 6.13. The molecule has 0 aromatic carbocycles. The predicted octanol–water partition coefficient (Wildman–Crippen LogP) is 5.39. The Morgan fingerprint density at radius 1 is 1.17 bits per heavy atom. The minimum Gasteiger partial charge on any atom is -0.414 e. The fourth-order valence-electron chi connectivity index (χ4n) is 3.21. The van der Waals surface area contributed by atoms with E-state index < -0.39 is 8.32 Å². The molecule has 0 aromatic heterocycles. The first-order valence-corrected chi connectivity index (χ1v) is 10.3. The van der Waals surface area contributed by atoms with Crippen LogP contribution in [0.15, 0.2) is 12.2 Å². The normalized spacial score (nSPS) is 29.3. The highest BCUT2D eigenvalue weighted by Crippen LogP contribution is 2.37. The Morgan fingerprint density at radius 2 is 1.72 bits per heavy atom. The third-order valence-corrected chi connectivity index (χ3v) is 9.82. The van der Waals surface area contributed by atoms with Gasteiger partial charge in [0, 0.05) is 6.10 Å². The Balaban J connectivity index is 2.70. The third kappa shape index (κ3) is 3.71. The molecule has 0 heterocycles. The predicted molar refractivity (Wildman–Crippen MR) is 83.4 cm³/mol. The molecule has 0 spiro atoms. The number of allylic oxidation sites excluding steroid dienone is 1. The van der Waals surface area contributed by atoms with Crippen molar-refractivity contribution in [1.29, 1.82) is 0 Å². The van der Waals surface area contributed by atoms with Gasteiger partial charge in [-0.3, -0.25) is 0 Å². The summed E-state index contributed by atoms with van der Waals surface area (Å²) in [5.41, 5.74) is 1.35. The fraction of sp³-hybridized carbons (Fsp3) is 0.875. The molecule has 1 aliphatic carbocycles. The zero-order valence-corrected chi connectivity index (χ0v) is 14.1. The molecule has 1 rings (SSSR count). The van der Waals surface area contributed by atoms with Crippen molar-refractivity contribution in [3.8, 4) is 0 Å². The lowest BCUT2D eigenvalue weighted by Crippen LogP contribution is -2.44. The highest BCUT2D eigenvalue weighted by Gasteiger charge is 2.36. The Hall–Kier alpha value is -0.0831. The molecule has 0 amide bonds. The largest absolute Gasteiger partial charge is 0.414 e.